The molecule has 1 saturated carbocycles. The molecule has 2 atom stereocenters. The van der Waals surface area contributed by atoms with Gasteiger partial charge in [0.2, 0.25) is 0 Å². The summed E-state index contributed by atoms with van der Waals surface area (Å²) in [5.74, 6) is -1.74. The Hall–Kier alpha value is -1.87. The second kappa shape index (κ2) is 8.94. The summed E-state index contributed by atoms with van der Waals surface area (Å²) in [7, 11) is 0. The number of alkyl halides is 3. The lowest BCUT2D eigenvalue weighted by molar-refractivity contribution is -0.274. The molecule has 166 valence electrons. The van der Waals surface area contributed by atoms with Gasteiger partial charge in [-0.25, -0.2) is 4.39 Å². The molecule has 1 aliphatic rings. The predicted octanol–water partition coefficient (Wildman–Crippen LogP) is 7.34. The second-order valence-corrected chi connectivity index (χ2v) is 10.5. The first-order chi connectivity index (χ1) is 14.4. The van der Waals surface area contributed by atoms with Gasteiger partial charge < -0.3 is 9.47 Å². The van der Waals surface area contributed by atoms with Crippen LogP contribution in [0.3, 0.4) is 0 Å². The first kappa shape index (κ1) is 23.8. The highest BCUT2D eigenvalue weighted by Gasteiger charge is 2.61. The van der Waals surface area contributed by atoms with Gasteiger partial charge in [-0.15, -0.1) is 13.2 Å². The zero-order valence-corrected chi connectivity index (χ0v) is 19.6. The second-order valence-electron chi connectivity index (χ2n) is 7.74. The van der Waals surface area contributed by atoms with Crippen LogP contribution in [0.1, 0.15) is 19.4 Å². The van der Waals surface area contributed by atoms with Crippen LogP contribution < -0.4 is 4.74 Å². The zero-order chi connectivity index (χ0) is 23.0. The van der Waals surface area contributed by atoms with Gasteiger partial charge in [0.1, 0.15) is 18.2 Å². The Labute approximate surface area is 193 Å². The van der Waals surface area contributed by atoms with Crippen molar-refractivity contribution in [1.82, 2.24) is 0 Å². The summed E-state index contributed by atoms with van der Waals surface area (Å²) in [5.41, 5.74) is 0.470. The van der Waals surface area contributed by atoms with Crippen molar-refractivity contribution in [2.45, 2.75) is 26.8 Å². The molecule has 9 heteroatoms. The number of halogens is 6. The summed E-state index contributed by atoms with van der Waals surface area (Å²) >= 11 is 6.58. The molecule has 0 amide bonds. The number of benzene rings is 2. The van der Waals surface area contributed by atoms with E-state index < -0.39 is 23.9 Å². The molecule has 0 N–H and O–H groups in total. The number of esters is 1. The molecule has 0 aliphatic heterocycles. The van der Waals surface area contributed by atoms with Crippen molar-refractivity contribution in [3.63, 3.8) is 0 Å². The van der Waals surface area contributed by atoms with Gasteiger partial charge in [-0.05, 0) is 60.9 Å². The summed E-state index contributed by atoms with van der Waals surface area (Å²) in [5, 5.41) is 0. The number of rotatable bonds is 6. The average molecular weight is 566 g/mol. The monoisotopic (exact) mass is 564 g/mol. The molecule has 3 rings (SSSR count). The van der Waals surface area contributed by atoms with E-state index in [0.29, 0.717) is 5.56 Å². The molecule has 1 aliphatic carbocycles. The Kier molecular flexibility index (Phi) is 6.86. The van der Waals surface area contributed by atoms with Crippen molar-refractivity contribution in [1.29, 1.82) is 0 Å². The highest BCUT2D eigenvalue weighted by Crippen LogP contribution is 2.60. The van der Waals surface area contributed by atoms with E-state index in [1.165, 1.54) is 24.3 Å². The van der Waals surface area contributed by atoms with Crippen LogP contribution in [0.5, 0.6) is 5.75 Å². The number of hydrogen-bond donors (Lipinski definition) is 0. The number of allylic oxidation sites excluding steroid dienone is 1. The lowest BCUT2D eigenvalue weighted by atomic mass is 10.0. The number of ether oxygens (including phenoxy) is 2. The third-order valence-electron chi connectivity index (χ3n) is 5.32. The summed E-state index contributed by atoms with van der Waals surface area (Å²) in [4.78, 5) is 12.5. The quantitative estimate of drug-likeness (QED) is 0.271. The number of carbonyl (C=O) groups excluding carboxylic acids is 1. The standard InChI is InChI=1S/C22H18Br2F4O3/c1-21(2)16(10-17(23)24)18(21)20(29)30-11-13-4-3-5-15(19(13)25)12-6-8-14(9-7-12)31-22(26,27)28/h3-10,16,18H,11H2,1-2H3/t16-,18-/m0/s1. The molecule has 31 heavy (non-hydrogen) atoms. The van der Waals surface area contributed by atoms with Gasteiger partial charge in [-0.1, -0.05) is 50.3 Å². The molecule has 2 aromatic carbocycles. The Balaban J connectivity index is 1.70. The first-order valence-corrected chi connectivity index (χ1v) is 10.8. The molecular weight excluding hydrogens is 548 g/mol. The Morgan fingerprint density at radius 3 is 2.35 bits per heavy atom. The number of carbonyl (C=O) groups is 1. The Morgan fingerprint density at radius 2 is 1.77 bits per heavy atom. The van der Waals surface area contributed by atoms with Crippen LogP contribution in [0.2, 0.25) is 0 Å². The summed E-state index contributed by atoms with van der Waals surface area (Å²) in [6.45, 7) is 3.67. The molecule has 0 spiro atoms. The van der Waals surface area contributed by atoms with Gasteiger partial charge in [0.25, 0.3) is 0 Å². The molecule has 0 saturated heterocycles. The smallest absolute Gasteiger partial charge is 0.460 e. The van der Waals surface area contributed by atoms with Crippen molar-refractivity contribution in [2.75, 3.05) is 0 Å². The Bertz CT molecular complexity index is 997. The maximum Gasteiger partial charge on any atom is 0.573 e. The lowest BCUT2D eigenvalue weighted by Crippen LogP contribution is -2.16. The minimum atomic E-state index is -4.80. The van der Waals surface area contributed by atoms with Gasteiger partial charge in [0.05, 0.1) is 9.31 Å². The lowest BCUT2D eigenvalue weighted by Gasteiger charge is -2.12. The summed E-state index contributed by atoms with van der Waals surface area (Å²) in [6.07, 6.45) is -2.91. The van der Waals surface area contributed by atoms with E-state index >= 15 is 0 Å². The minimum absolute atomic E-state index is 0.00219. The molecule has 0 bridgehead atoms. The SMILES string of the molecule is CC1(C)[C@H](C(=O)OCc2cccc(-c3ccc(OC(F)(F)F)cc3)c2F)[C@@H]1C=C(Br)Br. The molecule has 0 unspecified atom stereocenters. The minimum Gasteiger partial charge on any atom is -0.460 e. The first-order valence-electron chi connectivity index (χ1n) is 9.23. The summed E-state index contributed by atoms with van der Waals surface area (Å²) < 4.78 is 61.8. The van der Waals surface area contributed by atoms with Gasteiger partial charge in [-0.3, -0.25) is 4.79 Å². The fourth-order valence-electron chi connectivity index (χ4n) is 3.56. The fraction of sp³-hybridized carbons (Fsp3) is 0.318. The highest BCUT2D eigenvalue weighted by atomic mass is 79.9. The van der Waals surface area contributed by atoms with Crippen molar-refractivity contribution in [2.24, 2.45) is 17.3 Å². The molecular formula is C22H18Br2F4O3. The van der Waals surface area contributed by atoms with E-state index in [2.05, 4.69) is 36.6 Å². The third-order valence-corrected chi connectivity index (χ3v) is 5.85. The van der Waals surface area contributed by atoms with E-state index in [1.54, 1.807) is 6.07 Å². The highest BCUT2D eigenvalue weighted by molar-refractivity contribution is 9.28. The summed E-state index contributed by atoms with van der Waals surface area (Å²) in [6, 6.07) is 9.47. The maximum atomic E-state index is 15.0. The normalized spacial score (nSPS) is 19.5. The Morgan fingerprint density at radius 1 is 1.13 bits per heavy atom. The molecule has 0 radical (unpaired) electrons. The van der Waals surface area contributed by atoms with Crippen LogP contribution in [-0.4, -0.2) is 12.3 Å². The fourth-order valence-corrected chi connectivity index (χ4v) is 4.13. The van der Waals surface area contributed by atoms with Crippen LogP contribution in [0.25, 0.3) is 11.1 Å². The van der Waals surface area contributed by atoms with E-state index in [1.807, 2.05) is 19.9 Å². The van der Waals surface area contributed by atoms with Crippen molar-refractivity contribution in [3.05, 3.63) is 63.3 Å². The van der Waals surface area contributed by atoms with Crippen molar-refractivity contribution >= 4 is 37.8 Å². The van der Waals surface area contributed by atoms with Gasteiger partial charge in [0, 0.05) is 11.1 Å². The van der Waals surface area contributed by atoms with Crippen molar-refractivity contribution in [3.8, 4) is 16.9 Å². The van der Waals surface area contributed by atoms with E-state index in [4.69, 9.17) is 4.74 Å². The van der Waals surface area contributed by atoms with Crippen LogP contribution in [0.15, 0.2) is 51.9 Å². The number of hydrogen-bond acceptors (Lipinski definition) is 3. The average Bonchev–Trinajstić information content (AvgIpc) is 3.19. The van der Waals surface area contributed by atoms with E-state index in [-0.39, 0.29) is 35.0 Å². The maximum absolute atomic E-state index is 15.0. The molecule has 2 aromatic rings. The van der Waals surface area contributed by atoms with Gasteiger partial charge >= 0.3 is 12.3 Å². The van der Waals surface area contributed by atoms with Crippen LogP contribution >= 0.6 is 31.9 Å². The van der Waals surface area contributed by atoms with Gasteiger partial charge in [-0.2, -0.15) is 0 Å². The van der Waals surface area contributed by atoms with Gasteiger partial charge in [0.15, 0.2) is 0 Å². The third kappa shape index (κ3) is 5.68. The zero-order valence-electron chi connectivity index (χ0n) is 16.5. The molecule has 0 aromatic heterocycles. The topological polar surface area (TPSA) is 35.5 Å². The molecule has 1 fully saturated rings. The molecule has 3 nitrogen and oxygen atoms in total. The molecule has 0 heterocycles. The van der Waals surface area contributed by atoms with Crippen molar-refractivity contribution < 1.29 is 31.8 Å². The van der Waals surface area contributed by atoms with Crippen LogP contribution in [0, 0.1) is 23.1 Å². The van der Waals surface area contributed by atoms with Crippen LogP contribution in [-0.2, 0) is 16.1 Å². The van der Waals surface area contributed by atoms with Crippen LogP contribution in [0.4, 0.5) is 17.6 Å². The van der Waals surface area contributed by atoms with E-state index in [9.17, 15) is 22.4 Å². The predicted molar refractivity (Wildman–Crippen MR) is 115 cm³/mol. The largest absolute Gasteiger partial charge is 0.573 e. The van der Waals surface area contributed by atoms with E-state index in [0.717, 1.165) is 15.5 Å².